The number of hydrogen-bond acceptors (Lipinski definition) is 1. The lowest BCUT2D eigenvalue weighted by atomic mass is 9.94. The van der Waals surface area contributed by atoms with Crippen LogP contribution in [0.2, 0.25) is 0 Å². The molecule has 1 fully saturated rings. The van der Waals surface area contributed by atoms with E-state index < -0.39 is 0 Å². The van der Waals surface area contributed by atoms with Crippen molar-refractivity contribution in [1.82, 2.24) is 4.90 Å². The Morgan fingerprint density at radius 1 is 1.00 bits per heavy atom. The van der Waals surface area contributed by atoms with Crippen molar-refractivity contribution in [3.05, 3.63) is 0 Å². The summed E-state index contributed by atoms with van der Waals surface area (Å²) >= 11 is 0. The summed E-state index contributed by atoms with van der Waals surface area (Å²) in [5.41, 5.74) is 0. The van der Waals surface area contributed by atoms with Gasteiger partial charge >= 0.3 is 0 Å². The van der Waals surface area contributed by atoms with Gasteiger partial charge in [-0.25, -0.2) is 0 Å². The molecule has 0 aromatic carbocycles. The van der Waals surface area contributed by atoms with E-state index in [1.165, 1.54) is 45.2 Å². The van der Waals surface area contributed by atoms with E-state index in [9.17, 15) is 0 Å². The minimum absolute atomic E-state index is 0. The van der Waals surface area contributed by atoms with E-state index in [2.05, 4.69) is 18.7 Å². The maximum Gasteiger partial charge on any atom is 0.00950 e. The predicted octanol–water partition coefficient (Wildman–Crippen LogP) is -0.335. The summed E-state index contributed by atoms with van der Waals surface area (Å²) in [4.78, 5) is 2.61. The Morgan fingerprint density at radius 3 is 1.92 bits per heavy atom. The van der Waals surface area contributed by atoms with Gasteiger partial charge in [0.25, 0.3) is 0 Å². The Bertz CT molecular complexity index is 96.0. The summed E-state index contributed by atoms with van der Waals surface area (Å²) in [7, 11) is 0. The third kappa shape index (κ3) is 3.32. The molecule has 1 aliphatic carbocycles. The lowest BCUT2D eigenvalue weighted by Crippen LogP contribution is -3.00. The minimum atomic E-state index is 0. The van der Waals surface area contributed by atoms with Crippen molar-refractivity contribution >= 4 is 0 Å². The van der Waals surface area contributed by atoms with E-state index in [0.717, 1.165) is 6.04 Å². The SMILES string of the molecule is CCN(CC)C1CCCCC1.[Cl-]. The second-order valence-electron chi connectivity index (χ2n) is 3.51. The molecule has 1 nitrogen and oxygen atoms in total. The molecule has 0 atom stereocenters. The van der Waals surface area contributed by atoms with Gasteiger partial charge in [0, 0.05) is 6.04 Å². The average Bonchev–Trinajstić information content (AvgIpc) is 2.09. The van der Waals surface area contributed by atoms with Crippen LogP contribution in [0.1, 0.15) is 46.0 Å². The first-order valence-electron chi connectivity index (χ1n) is 5.12. The van der Waals surface area contributed by atoms with Crippen LogP contribution in [0.25, 0.3) is 0 Å². The molecule has 0 spiro atoms. The van der Waals surface area contributed by atoms with Crippen LogP contribution in [0.3, 0.4) is 0 Å². The van der Waals surface area contributed by atoms with E-state index in [-0.39, 0.29) is 12.4 Å². The van der Waals surface area contributed by atoms with Crippen LogP contribution in [-0.2, 0) is 0 Å². The van der Waals surface area contributed by atoms with Gasteiger partial charge in [0.05, 0.1) is 0 Å². The standard InChI is InChI=1S/C10H21N.ClH/c1-3-11(4-2)10-8-6-5-7-9-10;/h10H,3-9H2,1-2H3;1H/p-1. The summed E-state index contributed by atoms with van der Waals surface area (Å²) in [6.07, 6.45) is 7.28. The van der Waals surface area contributed by atoms with Gasteiger partial charge in [-0.15, -0.1) is 0 Å². The van der Waals surface area contributed by atoms with Crippen LogP contribution >= 0.6 is 0 Å². The smallest absolute Gasteiger partial charge is 0.00950 e. The summed E-state index contributed by atoms with van der Waals surface area (Å²) < 4.78 is 0. The highest BCUT2D eigenvalue weighted by molar-refractivity contribution is 4.73. The second kappa shape index (κ2) is 6.73. The van der Waals surface area contributed by atoms with Crippen LogP contribution in [0.5, 0.6) is 0 Å². The molecular weight excluding hydrogens is 170 g/mol. The second-order valence-corrected chi connectivity index (χ2v) is 3.51. The number of halogens is 1. The van der Waals surface area contributed by atoms with Crippen LogP contribution in [-0.4, -0.2) is 24.0 Å². The molecular formula is C10H21ClN-. The van der Waals surface area contributed by atoms with Crippen molar-refractivity contribution in [2.24, 2.45) is 0 Å². The van der Waals surface area contributed by atoms with E-state index in [4.69, 9.17) is 0 Å². The Labute approximate surface area is 82.9 Å². The first kappa shape index (κ1) is 12.2. The maximum absolute atomic E-state index is 2.61. The highest BCUT2D eigenvalue weighted by Crippen LogP contribution is 2.21. The molecule has 0 N–H and O–H groups in total. The molecule has 1 saturated carbocycles. The fourth-order valence-electron chi connectivity index (χ4n) is 2.19. The number of rotatable bonds is 3. The van der Waals surface area contributed by atoms with Crippen molar-refractivity contribution in [3.63, 3.8) is 0 Å². The van der Waals surface area contributed by atoms with Crippen molar-refractivity contribution in [2.45, 2.75) is 52.0 Å². The average molecular weight is 191 g/mol. The zero-order chi connectivity index (χ0) is 8.10. The monoisotopic (exact) mass is 190 g/mol. The van der Waals surface area contributed by atoms with Crippen LogP contribution in [0.4, 0.5) is 0 Å². The molecule has 0 aromatic rings. The molecule has 0 unspecified atom stereocenters. The van der Waals surface area contributed by atoms with Gasteiger partial charge in [0.2, 0.25) is 0 Å². The first-order chi connectivity index (χ1) is 5.38. The maximum atomic E-state index is 2.61. The van der Waals surface area contributed by atoms with Gasteiger partial charge in [-0.05, 0) is 25.9 Å². The molecule has 1 aliphatic rings. The lowest BCUT2D eigenvalue weighted by molar-refractivity contribution is -0.00000265. The fourth-order valence-corrected chi connectivity index (χ4v) is 2.19. The van der Waals surface area contributed by atoms with Gasteiger partial charge in [-0.2, -0.15) is 0 Å². The molecule has 0 heterocycles. The topological polar surface area (TPSA) is 3.24 Å². The Hall–Kier alpha value is 0.250. The highest BCUT2D eigenvalue weighted by Gasteiger charge is 2.17. The lowest BCUT2D eigenvalue weighted by Gasteiger charge is -2.32. The summed E-state index contributed by atoms with van der Waals surface area (Å²) in [5, 5.41) is 0. The van der Waals surface area contributed by atoms with Gasteiger partial charge < -0.3 is 17.3 Å². The molecule has 1 rings (SSSR count). The van der Waals surface area contributed by atoms with E-state index in [1.54, 1.807) is 0 Å². The zero-order valence-electron chi connectivity index (χ0n) is 8.35. The molecule has 0 radical (unpaired) electrons. The number of hydrogen-bond donors (Lipinski definition) is 0. The Kier molecular flexibility index (Phi) is 6.87. The van der Waals surface area contributed by atoms with Crippen molar-refractivity contribution in [2.75, 3.05) is 13.1 Å². The van der Waals surface area contributed by atoms with Crippen LogP contribution in [0, 0.1) is 0 Å². The molecule has 0 bridgehead atoms. The van der Waals surface area contributed by atoms with Crippen molar-refractivity contribution < 1.29 is 12.4 Å². The third-order valence-electron chi connectivity index (χ3n) is 2.90. The van der Waals surface area contributed by atoms with Crippen molar-refractivity contribution in [1.29, 1.82) is 0 Å². The molecule has 12 heavy (non-hydrogen) atoms. The predicted molar refractivity (Wildman–Crippen MR) is 49.8 cm³/mol. The van der Waals surface area contributed by atoms with Crippen molar-refractivity contribution in [3.8, 4) is 0 Å². The molecule has 2 heteroatoms. The van der Waals surface area contributed by atoms with Gasteiger partial charge in [-0.1, -0.05) is 33.1 Å². The molecule has 0 saturated heterocycles. The Balaban J connectivity index is 0.00000121. The first-order valence-corrected chi connectivity index (χ1v) is 5.12. The largest absolute Gasteiger partial charge is 1.00 e. The minimum Gasteiger partial charge on any atom is -1.00 e. The molecule has 0 aliphatic heterocycles. The highest BCUT2D eigenvalue weighted by atomic mass is 35.5. The summed E-state index contributed by atoms with van der Waals surface area (Å²) in [6, 6.07) is 0.916. The number of nitrogens with zero attached hydrogens (tertiary/aromatic N) is 1. The van der Waals surface area contributed by atoms with Gasteiger partial charge in [0.15, 0.2) is 0 Å². The van der Waals surface area contributed by atoms with Crippen LogP contribution in [0.15, 0.2) is 0 Å². The summed E-state index contributed by atoms with van der Waals surface area (Å²) in [5.74, 6) is 0. The Morgan fingerprint density at radius 2 is 1.50 bits per heavy atom. The normalized spacial score (nSPS) is 19.2. The van der Waals surface area contributed by atoms with Crippen LogP contribution < -0.4 is 12.4 Å². The summed E-state index contributed by atoms with van der Waals surface area (Å²) in [6.45, 7) is 7.03. The quantitative estimate of drug-likeness (QED) is 0.589. The molecule has 0 aromatic heterocycles. The van der Waals surface area contributed by atoms with E-state index in [0.29, 0.717) is 0 Å². The van der Waals surface area contributed by atoms with E-state index >= 15 is 0 Å². The molecule has 0 amide bonds. The fraction of sp³-hybridized carbons (Fsp3) is 1.00. The van der Waals surface area contributed by atoms with Gasteiger partial charge in [0.1, 0.15) is 0 Å². The third-order valence-corrected chi connectivity index (χ3v) is 2.90. The zero-order valence-corrected chi connectivity index (χ0v) is 9.11. The van der Waals surface area contributed by atoms with E-state index in [1.807, 2.05) is 0 Å². The molecule has 74 valence electrons. The van der Waals surface area contributed by atoms with Gasteiger partial charge in [-0.3, -0.25) is 0 Å².